The molecule has 1 fully saturated rings. The smallest absolute Gasteiger partial charge is 0.273 e. The Morgan fingerprint density at radius 3 is 2.89 bits per heavy atom. The van der Waals surface area contributed by atoms with E-state index >= 15 is 0 Å². The molecule has 4 rings (SSSR count). The SMILES string of the molecule is CC1CCN(c2ccc(CNC(=O)c3cc(-c4cccs4)on3)cn2)CC1. The number of hydrogen-bond donors (Lipinski definition) is 1. The first-order valence-corrected chi connectivity index (χ1v) is 10.1. The fourth-order valence-corrected chi connectivity index (χ4v) is 3.81. The van der Waals surface area contributed by atoms with E-state index in [-0.39, 0.29) is 11.6 Å². The van der Waals surface area contributed by atoms with Crippen LogP contribution in [-0.2, 0) is 6.54 Å². The van der Waals surface area contributed by atoms with E-state index in [0.717, 1.165) is 35.3 Å². The average molecular weight is 382 g/mol. The predicted molar refractivity (Wildman–Crippen MR) is 106 cm³/mol. The number of nitrogens with zero attached hydrogens (tertiary/aromatic N) is 3. The van der Waals surface area contributed by atoms with Gasteiger partial charge in [0.05, 0.1) is 4.88 Å². The molecule has 1 aliphatic rings. The number of thiophene rings is 1. The third kappa shape index (κ3) is 4.19. The third-order valence-electron chi connectivity index (χ3n) is 4.88. The van der Waals surface area contributed by atoms with Crippen molar-refractivity contribution < 1.29 is 9.32 Å². The highest BCUT2D eigenvalue weighted by molar-refractivity contribution is 7.13. The third-order valence-corrected chi connectivity index (χ3v) is 5.76. The van der Waals surface area contributed by atoms with Gasteiger partial charge in [0.2, 0.25) is 0 Å². The maximum atomic E-state index is 12.3. The second-order valence-corrected chi connectivity index (χ2v) is 7.88. The number of amides is 1. The molecule has 1 N–H and O–H groups in total. The van der Waals surface area contributed by atoms with Gasteiger partial charge in [-0.1, -0.05) is 24.2 Å². The van der Waals surface area contributed by atoms with Crippen molar-refractivity contribution >= 4 is 23.1 Å². The number of pyridine rings is 1. The van der Waals surface area contributed by atoms with Crippen LogP contribution in [0.15, 0.2) is 46.4 Å². The van der Waals surface area contributed by atoms with Gasteiger partial charge < -0.3 is 14.7 Å². The number of rotatable bonds is 5. The largest absolute Gasteiger partial charge is 0.357 e. The Balaban J connectivity index is 1.32. The highest BCUT2D eigenvalue weighted by Crippen LogP contribution is 2.25. The molecule has 0 saturated carbocycles. The summed E-state index contributed by atoms with van der Waals surface area (Å²) in [7, 11) is 0. The summed E-state index contributed by atoms with van der Waals surface area (Å²) in [5.74, 6) is 2.16. The van der Waals surface area contributed by atoms with Crippen LogP contribution in [0.5, 0.6) is 0 Å². The fraction of sp³-hybridized carbons (Fsp3) is 0.350. The Morgan fingerprint density at radius 1 is 1.33 bits per heavy atom. The summed E-state index contributed by atoms with van der Waals surface area (Å²) in [5, 5.41) is 8.69. The van der Waals surface area contributed by atoms with Gasteiger partial charge in [0, 0.05) is 31.9 Å². The normalized spacial score (nSPS) is 15.1. The summed E-state index contributed by atoms with van der Waals surface area (Å²) in [5.41, 5.74) is 1.24. The Hall–Kier alpha value is -2.67. The first-order chi connectivity index (χ1) is 13.2. The molecule has 6 nitrogen and oxygen atoms in total. The molecule has 0 spiro atoms. The molecule has 3 aromatic heterocycles. The number of hydrogen-bond acceptors (Lipinski definition) is 6. The van der Waals surface area contributed by atoms with Crippen LogP contribution >= 0.6 is 11.3 Å². The summed E-state index contributed by atoms with van der Waals surface area (Å²) in [6, 6.07) is 9.58. The Kier molecular flexibility index (Phi) is 5.20. The number of aromatic nitrogens is 2. The molecule has 7 heteroatoms. The lowest BCUT2D eigenvalue weighted by Gasteiger charge is -2.31. The second-order valence-electron chi connectivity index (χ2n) is 6.93. The molecule has 0 aliphatic carbocycles. The van der Waals surface area contributed by atoms with E-state index in [1.165, 1.54) is 12.8 Å². The van der Waals surface area contributed by atoms with Crippen LogP contribution in [0.4, 0.5) is 5.82 Å². The van der Waals surface area contributed by atoms with Gasteiger partial charge in [0.25, 0.3) is 5.91 Å². The van der Waals surface area contributed by atoms with Crippen LogP contribution in [-0.4, -0.2) is 29.1 Å². The van der Waals surface area contributed by atoms with Crippen molar-refractivity contribution in [2.24, 2.45) is 5.92 Å². The summed E-state index contributed by atoms with van der Waals surface area (Å²) >= 11 is 1.55. The first-order valence-electron chi connectivity index (χ1n) is 9.18. The van der Waals surface area contributed by atoms with E-state index in [2.05, 4.69) is 27.3 Å². The fourth-order valence-electron chi connectivity index (χ4n) is 3.14. The second kappa shape index (κ2) is 7.92. The quantitative estimate of drug-likeness (QED) is 0.723. The maximum absolute atomic E-state index is 12.3. The molecule has 140 valence electrons. The highest BCUT2D eigenvalue weighted by Gasteiger charge is 2.17. The van der Waals surface area contributed by atoms with E-state index in [1.807, 2.05) is 35.8 Å². The molecule has 0 radical (unpaired) electrons. The molecule has 0 unspecified atom stereocenters. The van der Waals surface area contributed by atoms with Crippen molar-refractivity contribution in [3.8, 4) is 10.6 Å². The number of carbonyl (C=O) groups excluding carboxylic acids is 1. The minimum Gasteiger partial charge on any atom is -0.357 e. The van der Waals surface area contributed by atoms with Gasteiger partial charge >= 0.3 is 0 Å². The Labute approximate surface area is 162 Å². The molecular formula is C20H22N4O2S. The lowest BCUT2D eigenvalue weighted by molar-refractivity contribution is 0.0942. The van der Waals surface area contributed by atoms with Gasteiger partial charge in [-0.15, -0.1) is 11.3 Å². The van der Waals surface area contributed by atoms with Crippen LogP contribution < -0.4 is 10.2 Å². The van der Waals surface area contributed by atoms with Gasteiger partial charge in [0.1, 0.15) is 5.82 Å². The molecule has 1 aliphatic heterocycles. The zero-order chi connectivity index (χ0) is 18.6. The number of carbonyl (C=O) groups is 1. The molecule has 1 saturated heterocycles. The lowest BCUT2D eigenvalue weighted by atomic mass is 9.99. The number of nitrogens with one attached hydrogen (secondary N) is 1. The van der Waals surface area contributed by atoms with Crippen LogP contribution in [0.1, 0.15) is 35.8 Å². The molecular weight excluding hydrogens is 360 g/mol. The van der Waals surface area contributed by atoms with E-state index in [9.17, 15) is 4.79 Å². The van der Waals surface area contributed by atoms with Crippen LogP contribution in [0, 0.1) is 5.92 Å². The lowest BCUT2D eigenvalue weighted by Crippen LogP contribution is -2.33. The monoisotopic (exact) mass is 382 g/mol. The number of anilines is 1. The van der Waals surface area contributed by atoms with Crippen molar-refractivity contribution in [3.63, 3.8) is 0 Å². The molecule has 0 atom stereocenters. The van der Waals surface area contributed by atoms with E-state index in [0.29, 0.717) is 12.3 Å². The predicted octanol–water partition coefficient (Wildman–Crippen LogP) is 3.96. The summed E-state index contributed by atoms with van der Waals surface area (Å²) in [6.07, 6.45) is 4.25. The first kappa shape index (κ1) is 17.7. The highest BCUT2D eigenvalue weighted by atomic mass is 32.1. The zero-order valence-corrected chi connectivity index (χ0v) is 16.0. The van der Waals surface area contributed by atoms with Gasteiger partial charge in [-0.25, -0.2) is 4.98 Å². The minimum absolute atomic E-state index is 0.254. The van der Waals surface area contributed by atoms with E-state index in [1.54, 1.807) is 17.4 Å². The van der Waals surface area contributed by atoms with E-state index < -0.39 is 0 Å². The molecule has 3 aromatic rings. The van der Waals surface area contributed by atoms with Crippen molar-refractivity contribution in [3.05, 3.63) is 53.2 Å². The molecule has 4 heterocycles. The number of piperidine rings is 1. The Bertz CT molecular complexity index is 881. The molecule has 0 aromatic carbocycles. The van der Waals surface area contributed by atoms with Gasteiger partial charge in [-0.05, 0) is 41.8 Å². The Morgan fingerprint density at radius 2 is 2.19 bits per heavy atom. The van der Waals surface area contributed by atoms with Crippen LogP contribution in [0.2, 0.25) is 0 Å². The molecule has 1 amide bonds. The van der Waals surface area contributed by atoms with Crippen molar-refractivity contribution in [2.75, 3.05) is 18.0 Å². The summed E-state index contributed by atoms with van der Waals surface area (Å²) < 4.78 is 5.25. The summed E-state index contributed by atoms with van der Waals surface area (Å²) in [4.78, 5) is 20.1. The van der Waals surface area contributed by atoms with Crippen molar-refractivity contribution in [1.82, 2.24) is 15.5 Å². The summed E-state index contributed by atoms with van der Waals surface area (Å²) in [6.45, 7) is 4.82. The van der Waals surface area contributed by atoms with Gasteiger partial charge in [-0.3, -0.25) is 4.79 Å². The van der Waals surface area contributed by atoms with E-state index in [4.69, 9.17) is 4.52 Å². The average Bonchev–Trinajstić information content (AvgIpc) is 3.39. The zero-order valence-electron chi connectivity index (χ0n) is 15.2. The van der Waals surface area contributed by atoms with Crippen molar-refractivity contribution in [2.45, 2.75) is 26.3 Å². The molecule has 0 bridgehead atoms. The maximum Gasteiger partial charge on any atom is 0.273 e. The van der Waals surface area contributed by atoms with Crippen LogP contribution in [0.3, 0.4) is 0 Å². The van der Waals surface area contributed by atoms with Crippen LogP contribution in [0.25, 0.3) is 10.6 Å². The standard InChI is InChI=1S/C20H22N4O2S/c1-14-6-8-24(9-7-14)19-5-4-15(12-21-19)13-22-20(25)16-11-17(26-23-16)18-3-2-10-27-18/h2-5,10-12,14H,6-9,13H2,1H3,(H,22,25). The topological polar surface area (TPSA) is 71.3 Å². The van der Waals surface area contributed by atoms with Gasteiger partial charge in [0.15, 0.2) is 11.5 Å². The van der Waals surface area contributed by atoms with Gasteiger partial charge in [-0.2, -0.15) is 0 Å². The van der Waals surface area contributed by atoms with Crippen molar-refractivity contribution in [1.29, 1.82) is 0 Å². The minimum atomic E-state index is -0.254. The molecule has 27 heavy (non-hydrogen) atoms.